The maximum Gasteiger partial charge on any atom is 0.414 e. The Kier molecular flexibility index (Phi) is 5.81. The summed E-state index contributed by atoms with van der Waals surface area (Å²) in [5, 5.41) is 2.62. The Labute approximate surface area is 174 Å². The number of alkyl halides is 1. The zero-order valence-corrected chi connectivity index (χ0v) is 17.2. The molecule has 0 saturated carbocycles. The summed E-state index contributed by atoms with van der Waals surface area (Å²) in [5.74, 6) is -0.570. The number of amides is 2. The van der Waals surface area contributed by atoms with Crippen molar-refractivity contribution in [3.05, 3.63) is 24.0 Å². The van der Waals surface area contributed by atoms with Crippen LogP contribution in [0.5, 0.6) is 0 Å². The van der Waals surface area contributed by atoms with E-state index >= 15 is 0 Å². The predicted octanol–water partition coefficient (Wildman–Crippen LogP) is 2.16. The monoisotopic (exact) mass is 422 g/mol. The molecule has 1 aromatic carbocycles. The van der Waals surface area contributed by atoms with Gasteiger partial charge >= 0.3 is 6.09 Å². The highest BCUT2D eigenvalue weighted by Gasteiger charge is 2.43. The van der Waals surface area contributed by atoms with Gasteiger partial charge in [0, 0.05) is 38.5 Å². The first-order valence-electron chi connectivity index (χ1n) is 10.4. The number of anilines is 2. The van der Waals surface area contributed by atoms with Crippen molar-refractivity contribution >= 4 is 23.4 Å². The quantitative estimate of drug-likeness (QED) is 0.761. The summed E-state index contributed by atoms with van der Waals surface area (Å²) in [6, 6.07) is 4.81. The molecule has 30 heavy (non-hydrogen) atoms. The first-order chi connectivity index (χ1) is 14.4. The summed E-state index contributed by atoms with van der Waals surface area (Å²) in [4.78, 5) is 28.8. The summed E-state index contributed by atoms with van der Waals surface area (Å²) >= 11 is 0. The Morgan fingerprint density at radius 2 is 2.10 bits per heavy atom. The molecule has 4 rings (SSSR count). The van der Waals surface area contributed by atoms with Gasteiger partial charge in [-0.25, -0.2) is 13.6 Å². The number of halogens is 2. The summed E-state index contributed by atoms with van der Waals surface area (Å²) in [6.45, 7) is 5.32. The number of nitrogens with zero attached hydrogens (tertiary/aromatic N) is 3. The zero-order valence-electron chi connectivity index (χ0n) is 17.2. The van der Waals surface area contributed by atoms with Gasteiger partial charge in [0.1, 0.15) is 18.6 Å². The van der Waals surface area contributed by atoms with Gasteiger partial charge in [0.25, 0.3) is 0 Å². The largest absolute Gasteiger partial charge is 0.442 e. The first kappa shape index (κ1) is 20.8. The molecule has 2 unspecified atom stereocenters. The van der Waals surface area contributed by atoms with Gasteiger partial charge in [0.2, 0.25) is 5.91 Å². The number of benzene rings is 1. The number of hydrogen-bond donors (Lipinski definition) is 1. The minimum absolute atomic E-state index is 0.107. The normalized spacial score (nSPS) is 26.6. The van der Waals surface area contributed by atoms with Gasteiger partial charge in [-0.1, -0.05) is 0 Å². The average Bonchev–Trinajstić information content (AvgIpc) is 3.40. The zero-order chi connectivity index (χ0) is 21.3. The lowest BCUT2D eigenvalue weighted by Crippen LogP contribution is -2.33. The molecule has 1 spiro atoms. The number of rotatable bonds is 6. The molecule has 7 nitrogen and oxygen atoms in total. The van der Waals surface area contributed by atoms with Crippen molar-refractivity contribution in [2.75, 3.05) is 62.3 Å². The van der Waals surface area contributed by atoms with Crippen LogP contribution in [0.2, 0.25) is 0 Å². The molecule has 3 aliphatic rings. The van der Waals surface area contributed by atoms with Crippen molar-refractivity contribution in [1.29, 1.82) is 0 Å². The lowest BCUT2D eigenvalue weighted by Gasteiger charge is -2.26. The molecule has 0 aromatic heterocycles. The van der Waals surface area contributed by atoms with E-state index in [9.17, 15) is 18.4 Å². The molecule has 2 atom stereocenters. The minimum Gasteiger partial charge on any atom is -0.442 e. The smallest absolute Gasteiger partial charge is 0.414 e. The van der Waals surface area contributed by atoms with Crippen molar-refractivity contribution in [1.82, 2.24) is 10.2 Å². The van der Waals surface area contributed by atoms with Crippen LogP contribution in [0, 0.1) is 11.2 Å². The van der Waals surface area contributed by atoms with Crippen molar-refractivity contribution in [3.63, 3.8) is 0 Å². The number of hydrogen-bond acceptors (Lipinski definition) is 5. The summed E-state index contributed by atoms with van der Waals surface area (Å²) < 4.78 is 32.9. The van der Waals surface area contributed by atoms with Crippen LogP contribution in [-0.4, -0.2) is 75.5 Å². The Hall–Kier alpha value is -2.42. The average molecular weight is 422 g/mol. The molecular formula is C21H28F2N4O3. The standard InChI is InChI=1S/C21H28F2N4O3/c1-15(28)24-11-17-12-27(20(29)30-17)16-2-3-19(18(23)10-16)26-8-5-21(14-26)4-7-25(13-21)9-6-22/h2-3,10,17H,4-9,11-14H2,1H3,(H,24,28). The fourth-order valence-electron chi connectivity index (χ4n) is 4.83. The van der Waals surface area contributed by atoms with E-state index in [4.69, 9.17) is 4.74 Å². The second-order valence-corrected chi connectivity index (χ2v) is 8.58. The molecule has 0 bridgehead atoms. The third-order valence-electron chi connectivity index (χ3n) is 6.39. The van der Waals surface area contributed by atoms with Crippen LogP contribution in [0.25, 0.3) is 0 Å². The van der Waals surface area contributed by atoms with Crippen LogP contribution in [0.3, 0.4) is 0 Å². The molecule has 3 heterocycles. The summed E-state index contributed by atoms with van der Waals surface area (Å²) in [7, 11) is 0. The molecule has 3 saturated heterocycles. The van der Waals surface area contributed by atoms with Crippen molar-refractivity contribution in [3.8, 4) is 0 Å². The van der Waals surface area contributed by atoms with Gasteiger partial charge in [-0.05, 0) is 37.6 Å². The molecule has 3 aliphatic heterocycles. The SMILES string of the molecule is CC(=O)NCC1CN(c2ccc(N3CCC4(CCN(CCF)C4)C3)c(F)c2)C(=O)O1. The summed E-state index contributed by atoms with van der Waals surface area (Å²) in [5.41, 5.74) is 1.08. The number of ether oxygens (including phenoxy) is 1. The highest BCUT2D eigenvalue weighted by Crippen LogP contribution is 2.42. The number of nitrogens with one attached hydrogen (secondary N) is 1. The molecule has 9 heteroatoms. The molecule has 0 aliphatic carbocycles. The third-order valence-corrected chi connectivity index (χ3v) is 6.39. The van der Waals surface area contributed by atoms with Gasteiger partial charge in [0.05, 0.1) is 24.5 Å². The number of carbonyl (C=O) groups is 2. The van der Waals surface area contributed by atoms with Crippen LogP contribution in [0.4, 0.5) is 25.0 Å². The van der Waals surface area contributed by atoms with E-state index in [1.54, 1.807) is 12.1 Å². The third kappa shape index (κ3) is 4.21. The molecule has 164 valence electrons. The topological polar surface area (TPSA) is 65.1 Å². The van der Waals surface area contributed by atoms with Crippen LogP contribution in [-0.2, 0) is 9.53 Å². The minimum atomic E-state index is -0.545. The fraction of sp³-hybridized carbons (Fsp3) is 0.619. The maximum absolute atomic E-state index is 15.0. The Morgan fingerprint density at radius 1 is 1.30 bits per heavy atom. The van der Waals surface area contributed by atoms with Crippen molar-refractivity contribution < 1.29 is 23.1 Å². The van der Waals surface area contributed by atoms with E-state index in [0.29, 0.717) is 17.9 Å². The van der Waals surface area contributed by atoms with Crippen LogP contribution < -0.4 is 15.1 Å². The van der Waals surface area contributed by atoms with E-state index in [-0.39, 0.29) is 36.9 Å². The van der Waals surface area contributed by atoms with Gasteiger partial charge < -0.3 is 19.9 Å². The summed E-state index contributed by atoms with van der Waals surface area (Å²) in [6.07, 6.45) is 0.979. The molecule has 2 amide bonds. The Balaban J connectivity index is 1.41. The van der Waals surface area contributed by atoms with Gasteiger partial charge in [-0.3, -0.25) is 9.69 Å². The second kappa shape index (κ2) is 8.37. The number of likely N-dealkylation sites (tertiary alicyclic amines) is 1. The lowest BCUT2D eigenvalue weighted by molar-refractivity contribution is -0.119. The number of carbonyl (C=O) groups excluding carboxylic acids is 2. The van der Waals surface area contributed by atoms with E-state index in [2.05, 4.69) is 15.1 Å². The highest BCUT2D eigenvalue weighted by molar-refractivity contribution is 5.90. The van der Waals surface area contributed by atoms with E-state index in [1.807, 2.05) is 0 Å². The van der Waals surface area contributed by atoms with Gasteiger partial charge in [-0.15, -0.1) is 0 Å². The predicted molar refractivity (Wildman–Crippen MR) is 109 cm³/mol. The van der Waals surface area contributed by atoms with E-state index < -0.39 is 12.2 Å². The van der Waals surface area contributed by atoms with E-state index in [0.717, 1.165) is 39.0 Å². The molecule has 3 fully saturated rings. The second-order valence-electron chi connectivity index (χ2n) is 8.58. The molecule has 1 aromatic rings. The number of cyclic esters (lactones) is 1. The van der Waals surface area contributed by atoms with Crippen LogP contribution >= 0.6 is 0 Å². The van der Waals surface area contributed by atoms with Crippen molar-refractivity contribution in [2.24, 2.45) is 5.41 Å². The molecule has 0 radical (unpaired) electrons. The van der Waals surface area contributed by atoms with Crippen LogP contribution in [0.15, 0.2) is 18.2 Å². The first-order valence-corrected chi connectivity index (χ1v) is 10.4. The molecular weight excluding hydrogens is 394 g/mol. The lowest BCUT2D eigenvalue weighted by atomic mass is 9.86. The van der Waals surface area contributed by atoms with Gasteiger partial charge in [0.15, 0.2) is 0 Å². The van der Waals surface area contributed by atoms with Crippen molar-refractivity contribution in [2.45, 2.75) is 25.9 Å². The van der Waals surface area contributed by atoms with Gasteiger partial charge in [-0.2, -0.15) is 0 Å². The Morgan fingerprint density at radius 3 is 2.83 bits per heavy atom. The fourth-order valence-corrected chi connectivity index (χ4v) is 4.83. The highest BCUT2D eigenvalue weighted by atomic mass is 19.1. The van der Waals surface area contributed by atoms with Crippen LogP contribution in [0.1, 0.15) is 19.8 Å². The molecule has 1 N–H and O–H groups in total. The maximum atomic E-state index is 15.0. The Bertz CT molecular complexity index is 823. The van der Waals surface area contributed by atoms with E-state index in [1.165, 1.54) is 17.9 Å².